The largest absolute Gasteiger partial charge is 0.471 e. The second kappa shape index (κ2) is 6.91. The number of aromatic nitrogens is 1. The van der Waals surface area contributed by atoms with Crippen molar-refractivity contribution in [3.05, 3.63) is 46.8 Å². The minimum Gasteiger partial charge on any atom is -0.471 e. The average Bonchev–Trinajstić information content (AvgIpc) is 3.26. The molecule has 3 atom stereocenters. The number of ether oxygens (including phenoxy) is 2. The molecule has 2 aromatic rings. The molecule has 1 aliphatic carbocycles. The maximum Gasteiger partial charge on any atom is 0.228 e. The van der Waals surface area contributed by atoms with Gasteiger partial charge in [0.05, 0.1) is 19.1 Å². The minimum atomic E-state index is -0.0620. The number of hydrogen-bond acceptors (Lipinski definition) is 5. The summed E-state index contributed by atoms with van der Waals surface area (Å²) >= 11 is 1.63. The number of pyridine rings is 1. The Morgan fingerprint density at radius 2 is 2.29 bits per heavy atom. The van der Waals surface area contributed by atoms with Crippen molar-refractivity contribution in [1.29, 1.82) is 0 Å². The van der Waals surface area contributed by atoms with Gasteiger partial charge in [-0.2, -0.15) is 0 Å². The monoisotopic (exact) mass is 344 g/mol. The van der Waals surface area contributed by atoms with Gasteiger partial charge in [-0.05, 0) is 30.4 Å². The molecule has 5 nitrogen and oxygen atoms in total. The number of carbonyl (C=O) groups excluding carboxylic acids is 1. The van der Waals surface area contributed by atoms with Crippen molar-refractivity contribution in [3.8, 4) is 5.88 Å². The molecule has 6 heteroatoms. The van der Waals surface area contributed by atoms with Crippen molar-refractivity contribution in [2.75, 3.05) is 13.2 Å². The van der Waals surface area contributed by atoms with Crippen molar-refractivity contribution in [3.63, 3.8) is 0 Å². The second-order valence-corrected chi connectivity index (χ2v) is 7.18. The molecule has 3 heterocycles. The lowest BCUT2D eigenvalue weighted by Crippen LogP contribution is -2.54. The first kappa shape index (κ1) is 15.6. The number of amides is 1. The lowest BCUT2D eigenvalue weighted by atomic mass is 10.1. The van der Waals surface area contributed by atoms with Crippen LogP contribution in [-0.4, -0.2) is 47.2 Å². The van der Waals surface area contributed by atoms with E-state index in [0.717, 1.165) is 17.7 Å². The summed E-state index contributed by atoms with van der Waals surface area (Å²) in [7, 11) is 0. The van der Waals surface area contributed by atoms with Gasteiger partial charge in [0, 0.05) is 23.7 Å². The molecule has 0 N–H and O–H groups in total. The number of thiophene rings is 1. The molecule has 1 aliphatic heterocycles. The smallest absolute Gasteiger partial charge is 0.228 e. The number of carbonyl (C=O) groups is 1. The van der Waals surface area contributed by atoms with Gasteiger partial charge < -0.3 is 14.4 Å². The fourth-order valence-electron chi connectivity index (χ4n) is 3.59. The lowest BCUT2D eigenvalue weighted by Gasteiger charge is -2.39. The summed E-state index contributed by atoms with van der Waals surface area (Å²) in [6.07, 6.45) is 3.90. The van der Waals surface area contributed by atoms with Gasteiger partial charge in [0.15, 0.2) is 0 Å². The summed E-state index contributed by atoms with van der Waals surface area (Å²) < 4.78 is 12.0. The van der Waals surface area contributed by atoms with Gasteiger partial charge in [-0.3, -0.25) is 4.79 Å². The zero-order valence-electron chi connectivity index (χ0n) is 13.3. The Balaban J connectivity index is 1.43. The summed E-state index contributed by atoms with van der Waals surface area (Å²) in [4.78, 5) is 20.0. The first-order chi connectivity index (χ1) is 11.8. The number of nitrogens with zero attached hydrogens (tertiary/aromatic N) is 2. The first-order valence-corrected chi connectivity index (χ1v) is 9.20. The van der Waals surface area contributed by atoms with Gasteiger partial charge in [-0.1, -0.05) is 12.1 Å². The van der Waals surface area contributed by atoms with Crippen LogP contribution < -0.4 is 4.74 Å². The third-order valence-corrected chi connectivity index (χ3v) is 5.55. The molecule has 4 rings (SSSR count). The van der Waals surface area contributed by atoms with Gasteiger partial charge >= 0.3 is 0 Å². The molecule has 2 aromatic heterocycles. The SMILES string of the molecule is O=C(Cc1cccs1)N1CCO[C@H]2[C@@H](Oc3ccccn3)CC[C@@H]21. The van der Waals surface area contributed by atoms with Crippen LogP contribution in [0.2, 0.25) is 0 Å². The van der Waals surface area contributed by atoms with E-state index in [1.54, 1.807) is 17.5 Å². The van der Waals surface area contributed by atoms with E-state index in [-0.39, 0.29) is 24.2 Å². The highest BCUT2D eigenvalue weighted by molar-refractivity contribution is 7.10. The van der Waals surface area contributed by atoms with Crippen LogP contribution in [0.4, 0.5) is 0 Å². The van der Waals surface area contributed by atoms with Crippen LogP contribution in [0.3, 0.4) is 0 Å². The van der Waals surface area contributed by atoms with Gasteiger partial charge in [0.1, 0.15) is 12.2 Å². The van der Waals surface area contributed by atoms with Gasteiger partial charge in [-0.15, -0.1) is 11.3 Å². The molecule has 0 spiro atoms. The van der Waals surface area contributed by atoms with E-state index >= 15 is 0 Å². The van der Waals surface area contributed by atoms with Crippen LogP contribution >= 0.6 is 11.3 Å². The van der Waals surface area contributed by atoms with E-state index in [9.17, 15) is 4.79 Å². The molecule has 0 aromatic carbocycles. The normalized spacial score (nSPS) is 26.2. The molecule has 2 fully saturated rings. The molecule has 24 heavy (non-hydrogen) atoms. The van der Waals surface area contributed by atoms with E-state index in [1.165, 1.54) is 0 Å². The van der Waals surface area contributed by atoms with Crippen LogP contribution in [-0.2, 0) is 16.0 Å². The Morgan fingerprint density at radius 3 is 3.08 bits per heavy atom. The highest BCUT2D eigenvalue weighted by Gasteiger charge is 2.45. The molecule has 1 saturated carbocycles. The van der Waals surface area contributed by atoms with E-state index in [0.29, 0.717) is 25.5 Å². The number of hydrogen-bond donors (Lipinski definition) is 0. The summed E-state index contributed by atoms with van der Waals surface area (Å²) in [6, 6.07) is 9.75. The van der Waals surface area contributed by atoms with Crippen LogP contribution in [0.15, 0.2) is 41.9 Å². The van der Waals surface area contributed by atoms with Crippen molar-refractivity contribution in [1.82, 2.24) is 9.88 Å². The molecule has 0 radical (unpaired) electrons. The van der Waals surface area contributed by atoms with Crippen LogP contribution in [0.5, 0.6) is 5.88 Å². The molecular formula is C18H20N2O3S. The third kappa shape index (κ3) is 3.16. The maximum absolute atomic E-state index is 12.7. The average molecular weight is 344 g/mol. The summed E-state index contributed by atoms with van der Waals surface area (Å²) in [6.45, 7) is 1.24. The van der Waals surface area contributed by atoms with Gasteiger partial charge in [-0.25, -0.2) is 4.98 Å². The molecule has 1 amide bonds. The predicted octanol–water partition coefficient (Wildman–Crippen LogP) is 2.52. The Kier molecular flexibility index (Phi) is 4.49. The third-order valence-electron chi connectivity index (χ3n) is 4.67. The zero-order chi connectivity index (χ0) is 16.4. The topological polar surface area (TPSA) is 51.7 Å². The molecule has 1 saturated heterocycles. The van der Waals surface area contributed by atoms with E-state index in [1.807, 2.05) is 40.6 Å². The Labute approximate surface area is 145 Å². The maximum atomic E-state index is 12.7. The summed E-state index contributed by atoms with van der Waals surface area (Å²) in [5, 5.41) is 2.01. The zero-order valence-corrected chi connectivity index (χ0v) is 14.2. The van der Waals surface area contributed by atoms with Crippen LogP contribution in [0, 0.1) is 0 Å². The fraction of sp³-hybridized carbons (Fsp3) is 0.444. The van der Waals surface area contributed by atoms with E-state index in [4.69, 9.17) is 9.47 Å². The van der Waals surface area contributed by atoms with Crippen LogP contribution in [0.25, 0.3) is 0 Å². The van der Waals surface area contributed by atoms with Crippen LogP contribution in [0.1, 0.15) is 17.7 Å². The van der Waals surface area contributed by atoms with Gasteiger partial charge in [0.2, 0.25) is 11.8 Å². The molecule has 126 valence electrons. The van der Waals surface area contributed by atoms with Gasteiger partial charge in [0.25, 0.3) is 0 Å². The number of fused-ring (bicyclic) bond motifs is 1. The Morgan fingerprint density at radius 1 is 1.33 bits per heavy atom. The summed E-state index contributed by atoms with van der Waals surface area (Å²) in [5.74, 6) is 0.808. The highest BCUT2D eigenvalue weighted by Crippen LogP contribution is 2.33. The first-order valence-electron chi connectivity index (χ1n) is 8.32. The second-order valence-electron chi connectivity index (χ2n) is 6.15. The predicted molar refractivity (Wildman–Crippen MR) is 91.2 cm³/mol. The summed E-state index contributed by atoms with van der Waals surface area (Å²) in [5.41, 5.74) is 0. The Hall–Kier alpha value is -1.92. The fourth-order valence-corrected chi connectivity index (χ4v) is 4.28. The molecule has 0 unspecified atom stereocenters. The highest BCUT2D eigenvalue weighted by atomic mass is 32.1. The standard InChI is InChI=1S/C18H20N2O3S/c21-17(12-13-4-3-11-24-13)20-9-10-22-18-14(20)6-7-15(18)23-16-5-1-2-8-19-16/h1-5,8,11,14-15,18H,6-7,9-10,12H2/t14-,15-,18+/m0/s1. The van der Waals surface area contributed by atoms with Crippen molar-refractivity contribution >= 4 is 17.2 Å². The lowest BCUT2D eigenvalue weighted by molar-refractivity contribution is -0.147. The molecular weight excluding hydrogens is 324 g/mol. The minimum absolute atomic E-state index is 0.0396. The van der Waals surface area contributed by atoms with Crippen molar-refractivity contribution < 1.29 is 14.3 Å². The molecule has 2 aliphatic rings. The van der Waals surface area contributed by atoms with E-state index in [2.05, 4.69) is 4.98 Å². The van der Waals surface area contributed by atoms with Crippen molar-refractivity contribution in [2.24, 2.45) is 0 Å². The quantitative estimate of drug-likeness (QED) is 0.855. The molecule has 0 bridgehead atoms. The Bertz CT molecular complexity index is 677. The van der Waals surface area contributed by atoms with Crippen molar-refractivity contribution in [2.45, 2.75) is 37.5 Å². The van der Waals surface area contributed by atoms with E-state index < -0.39 is 0 Å². The number of rotatable bonds is 4. The number of morpholine rings is 1.